The van der Waals surface area contributed by atoms with E-state index in [4.69, 9.17) is 5.73 Å². The Morgan fingerprint density at radius 3 is 2.35 bits per heavy atom. The third-order valence-electron chi connectivity index (χ3n) is 2.66. The van der Waals surface area contributed by atoms with Crippen LogP contribution in [0.15, 0.2) is 6.07 Å². The number of hydrogen-bond acceptors (Lipinski definition) is 4. The SMILES string of the molecule is Cc1cc(N(CCN)C(C)C)nc(C(C)C)n1. The zero-order valence-electron chi connectivity index (χ0n) is 11.6. The van der Waals surface area contributed by atoms with Gasteiger partial charge < -0.3 is 10.6 Å². The normalized spacial score (nSPS) is 11.3. The van der Waals surface area contributed by atoms with Crippen molar-refractivity contribution in [1.82, 2.24) is 9.97 Å². The monoisotopic (exact) mass is 236 g/mol. The van der Waals surface area contributed by atoms with E-state index in [1.165, 1.54) is 0 Å². The second kappa shape index (κ2) is 5.96. The van der Waals surface area contributed by atoms with Crippen LogP contribution in [0.4, 0.5) is 5.82 Å². The molecule has 0 atom stereocenters. The van der Waals surface area contributed by atoms with Crippen molar-refractivity contribution in [3.05, 3.63) is 17.6 Å². The summed E-state index contributed by atoms with van der Waals surface area (Å²) in [4.78, 5) is 11.3. The predicted molar refractivity (Wildman–Crippen MR) is 72.4 cm³/mol. The molecule has 4 heteroatoms. The molecule has 1 rings (SSSR count). The summed E-state index contributed by atoms with van der Waals surface area (Å²) in [5.41, 5.74) is 6.67. The minimum absolute atomic E-state index is 0.348. The molecule has 0 radical (unpaired) electrons. The minimum Gasteiger partial charge on any atom is -0.353 e. The number of rotatable bonds is 5. The molecule has 0 saturated heterocycles. The Balaban J connectivity index is 3.10. The molecule has 4 nitrogen and oxygen atoms in total. The minimum atomic E-state index is 0.348. The van der Waals surface area contributed by atoms with Crippen molar-refractivity contribution in [3.63, 3.8) is 0 Å². The molecule has 0 aromatic carbocycles. The zero-order chi connectivity index (χ0) is 13.0. The first kappa shape index (κ1) is 13.9. The summed E-state index contributed by atoms with van der Waals surface area (Å²) in [5, 5.41) is 0. The summed E-state index contributed by atoms with van der Waals surface area (Å²) in [6.07, 6.45) is 0. The Morgan fingerprint density at radius 1 is 1.24 bits per heavy atom. The average Bonchev–Trinajstić information content (AvgIpc) is 2.24. The second-order valence-corrected chi connectivity index (χ2v) is 4.96. The molecule has 1 heterocycles. The highest BCUT2D eigenvalue weighted by molar-refractivity contribution is 5.41. The van der Waals surface area contributed by atoms with E-state index in [0.29, 0.717) is 18.5 Å². The fourth-order valence-electron chi connectivity index (χ4n) is 1.76. The Kier molecular flexibility index (Phi) is 4.87. The number of anilines is 1. The smallest absolute Gasteiger partial charge is 0.133 e. The predicted octanol–water partition coefficient (Wildman–Crippen LogP) is 2.08. The van der Waals surface area contributed by atoms with Crippen molar-refractivity contribution in [2.75, 3.05) is 18.0 Å². The van der Waals surface area contributed by atoms with Crippen molar-refractivity contribution in [2.24, 2.45) is 5.73 Å². The number of nitrogens with two attached hydrogens (primary N) is 1. The fourth-order valence-corrected chi connectivity index (χ4v) is 1.76. The zero-order valence-corrected chi connectivity index (χ0v) is 11.6. The molecule has 17 heavy (non-hydrogen) atoms. The Morgan fingerprint density at radius 2 is 1.88 bits per heavy atom. The van der Waals surface area contributed by atoms with E-state index >= 15 is 0 Å². The molecule has 0 fully saturated rings. The van der Waals surface area contributed by atoms with Gasteiger partial charge in [0.1, 0.15) is 11.6 Å². The maximum absolute atomic E-state index is 5.66. The van der Waals surface area contributed by atoms with Crippen LogP contribution in [0.2, 0.25) is 0 Å². The molecule has 0 unspecified atom stereocenters. The highest BCUT2D eigenvalue weighted by atomic mass is 15.2. The first-order valence-electron chi connectivity index (χ1n) is 6.28. The Hall–Kier alpha value is -1.16. The van der Waals surface area contributed by atoms with Crippen molar-refractivity contribution >= 4 is 5.82 Å². The van der Waals surface area contributed by atoms with Crippen LogP contribution >= 0.6 is 0 Å². The lowest BCUT2D eigenvalue weighted by Gasteiger charge is -2.28. The number of nitrogens with zero attached hydrogens (tertiary/aromatic N) is 3. The van der Waals surface area contributed by atoms with Crippen LogP contribution in [-0.2, 0) is 0 Å². The fraction of sp³-hybridized carbons (Fsp3) is 0.692. The van der Waals surface area contributed by atoms with E-state index < -0.39 is 0 Å². The Bertz CT molecular complexity index is 360. The van der Waals surface area contributed by atoms with Crippen molar-refractivity contribution in [2.45, 2.75) is 46.6 Å². The van der Waals surface area contributed by atoms with Crippen LogP contribution in [0.3, 0.4) is 0 Å². The number of hydrogen-bond donors (Lipinski definition) is 1. The molecule has 0 aliphatic rings. The maximum atomic E-state index is 5.66. The molecule has 1 aromatic rings. The van der Waals surface area contributed by atoms with Gasteiger partial charge >= 0.3 is 0 Å². The summed E-state index contributed by atoms with van der Waals surface area (Å²) in [7, 11) is 0. The Labute approximate surface area is 104 Å². The lowest BCUT2D eigenvalue weighted by atomic mass is 10.2. The van der Waals surface area contributed by atoms with Crippen molar-refractivity contribution in [1.29, 1.82) is 0 Å². The van der Waals surface area contributed by atoms with Crippen LogP contribution in [0.1, 0.15) is 45.1 Å². The van der Waals surface area contributed by atoms with E-state index in [1.54, 1.807) is 0 Å². The largest absolute Gasteiger partial charge is 0.353 e. The molecule has 0 aliphatic heterocycles. The molecule has 2 N–H and O–H groups in total. The summed E-state index contributed by atoms with van der Waals surface area (Å²) in [5.74, 6) is 2.24. The van der Waals surface area contributed by atoms with Crippen molar-refractivity contribution in [3.8, 4) is 0 Å². The van der Waals surface area contributed by atoms with E-state index in [1.807, 2.05) is 13.0 Å². The van der Waals surface area contributed by atoms with Crippen LogP contribution in [-0.4, -0.2) is 29.1 Å². The molecule has 0 aliphatic carbocycles. The standard InChI is InChI=1S/C13H24N4/c1-9(2)13-15-11(5)8-12(16-13)17(7-6-14)10(3)4/h8-10H,6-7,14H2,1-5H3. The summed E-state index contributed by atoms with van der Waals surface area (Å²) in [6, 6.07) is 2.43. The average molecular weight is 236 g/mol. The van der Waals surface area contributed by atoms with E-state index in [0.717, 1.165) is 23.9 Å². The van der Waals surface area contributed by atoms with Gasteiger partial charge in [0.25, 0.3) is 0 Å². The second-order valence-electron chi connectivity index (χ2n) is 4.96. The van der Waals surface area contributed by atoms with Gasteiger partial charge in [0.15, 0.2) is 0 Å². The molecule has 0 bridgehead atoms. The first-order chi connectivity index (χ1) is 7.95. The van der Waals surface area contributed by atoms with Gasteiger partial charge in [-0.15, -0.1) is 0 Å². The van der Waals surface area contributed by atoms with Crippen LogP contribution in [0, 0.1) is 6.92 Å². The highest BCUT2D eigenvalue weighted by Gasteiger charge is 2.14. The topological polar surface area (TPSA) is 55.0 Å². The third-order valence-corrected chi connectivity index (χ3v) is 2.66. The van der Waals surface area contributed by atoms with E-state index in [9.17, 15) is 0 Å². The lowest BCUT2D eigenvalue weighted by molar-refractivity contribution is 0.662. The van der Waals surface area contributed by atoms with Gasteiger partial charge in [-0.2, -0.15) is 0 Å². The quantitative estimate of drug-likeness (QED) is 0.850. The molecule has 1 aromatic heterocycles. The summed E-state index contributed by atoms with van der Waals surface area (Å²) >= 11 is 0. The van der Waals surface area contributed by atoms with Crippen LogP contribution in [0.5, 0.6) is 0 Å². The van der Waals surface area contributed by atoms with Crippen LogP contribution < -0.4 is 10.6 Å². The number of aryl methyl sites for hydroxylation is 1. The van der Waals surface area contributed by atoms with Gasteiger partial charge in [-0.25, -0.2) is 9.97 Å². The molecule has 96 valence electrons. The van der Waals surface area contributed by atoms with Gasteiger partial charge in [0.2, 0.25) is 0 Å². The molecule has 0 saturated carbocycles. The third kappa shape index (κ3) is 3.66. The van der Waals surface area contributed by atoms with Gasteiger partial charge in [-0.05, 0) is 20.8 Å². The first-order valence-corrected chi connectivity index (χ1v) is 6.28. The maximum Gasteiger partial charge on any atom is 0.133 e. The summed E-state index contributed by atoms with van der Waals surface area (Å²) < 4.78 is 0. The molecule has 0 spiro atoms. The number of aromatic nitrogens is 2. The van der Waals surface area contributed by atoms with Gasteiger partial charge in [0, 0.05) is 36.8 Å². The molecule has 0 amide bonds. The van der Waals surface area contributed by atoms with E-state index in [-0.39, 0.29) is 0 Å². The van der Waals surface area contributed by atoms with Crippen LogP contribution in [0.25, 0.3) is 0 Å². The summed E-state index contributed by atoms with van der Waals surface area (Å²) in [6.45, 7) is 12.0. The van der Waals surface area contributed by atoms with Crippen molar-refractivity contribution < 1.29 is 0 Å². The molecular weight excluding hydrogens is 212 g/mol. The molecular formula is C13H24N4. The highest BCUT2D eigenvalue weighted by Crippen LogP contribution is 2.18. The lowest BCUT2D eigenvalue weighted by Crippen LogP contribution is -2.36. The van der Waals surface area contributed by atoms with Gasteiger partial charge in [-0.3, -0.25) is 0 Å². The van der Waals surface area contributed by atoms with Gasteiger partial charge in [0.05, 0.1) is 0 Å². The van der Waals surface area contributed by atoms with E-state index in [2.05, 4.69) is 42.6 Å². The van der Waals surface area contributed by atoms with Gasteiger partial charge in [-0.1, -0.05) is 13.8 Å².